The van der Waals surface area contributed by atoms with Crippen LogP contribution in [0.1, 0.15) is 61.7 Å². The molecular formula is C16H19F4N3O. The van der Waals surface area contributed by atoms with Crippen LogP contribution in [0.4, 0.5) is 23.4 Å². The molecule has 4 nitrogen and oxygen atoms in total. The van der Waals surface area contributed by atoms with Gasteiger partial charge < -0.3 is 5.32 Å². The summed E-state index contributed by atoms with van der Waals surface area (Å²) in [5.74, 6) is -7.53. The molecule has 8 heteroatoms. The molecule has 1 aromatic heterocycles. The van der Waals surface area contributed by atoms with Crippen LogP contribution in [0.25, 0.3) is 0 Å². The van der Waals surface area contributed by atoms with Crippen molar-refractivity contribution in [3.63, 3.8) is 0 Å². The van der Waals surface area contributed by atoms with Crippen LogP contribution in [0.3, 0.4) is 0 Å². The third kappa shape index (κ3) is 2.50. The highest BCUT2D eigenvalue weighted by Crippen LogP contribution is 2.51. The van der Waals surface area contributed by atoms with E-state index in [0.29, 0.717) is 17.1 Å². The molecule has 1 heterocycles. The molecule has 24 heavy (non-hydrogen) atoms. The van der Waals surface area contributed by atoms with Gasteiger partial charge in [-0.05, 0) is 26.2 Å². The molecule has 0 radical (unpaired) electrons. The van der Waals surface area contributed by atoms with Crippen LogP contribution in [0, 0.1) is 12.8 Å². The van der Waals surface area contributed by atoms with E-state index in [0.717, 1.165) is 19.3 Å². The number of anilines is 1. The Bertz CT molecular complexity index is 688. The minimum atomic E-state index is -2.93. The topological polar surface area (TPSA) is 46.9 Å². The van der Waals surface area contributed by atoms with Crippen molar-refractivity contribution in [2.45, 2.75) is 69.3 Å². The molecule has 1 unspecified atom stereocenters. The number of nitrogens with one attached hydrogen (secondary N) is 1. The molecule has 3 saturated carbocycles. The van der Waals surface area contributed by atoms with Gasteiger partial charge in [0.05, 0.1) is 11.7 Å². The summed E-state index contributed by atoms with van der Waals surface area (Å²) in [6, 6.07) is 0.105. The molecule has 1 N–H and O–H groups in total. The number of nitrogens with zero attached hydrogens (tertiary/aromatic N) is 2. The fourth-order valence-corrected chi connectivity index (χ4v) is 3.52. The molecule has 3 fully saturated rings. The second kappa shape index (κ2) is 4.95. The number of aromatic nitrogens is 2. The maximum atomic E-state index is 13.2. The summed E-state index contributed by atoms with van der Waals surface area (Å²) in [5.41, 5.74) is 1.19. The highest BCUT2D eigenvalue weighted by Gasteiger charge is 2.61. The summed E-state index contributed by atoms with van der Waals surface area (Å²) in [6.45, 7) is 1.72. The van der Waals surface area contributed by atoms with Gasteiger partial charge in [0.2, 0.25) is 11.8 Å². The molecule has 0 aromatic carbocycles. The molecule has 0 aliphatic heterocycles. The Morgan fingerprint density at radius 3 is 2.29 bits per heavy atom. The number of rotatable bonds is 4. The predicted octanol–water partition coefficient (Wildman–Crippen LogP) is 4.02. The Hall–Kier alpha value is -1.60. The Balaban J connectivity index is 1.59. The average Bonchev–Trinajstić information content (AvgIpc) is 2.93. The maximum absolute atomic E-state index is 13.2. The minimum absolute atomic E-state index is 0.105. The van der Waals surface area contributed by atoms with Crippen LogP contribution in [-0.4, -0.2) is 27.5 Å². The Kier molecular flexibility index (Phi) is 3.28. The highest BCUT2D eigenvalue weighted by molar-refractivity contribution is 5.95. The second-order valence-electron chi connectivity index (χ2n) is 7.36. The van der Waals surface area contributed by atoms with E-state index in [4.69, 9.17) is 0 Å². The van der Waals surface area contributed by atoms with Gasteiger partial charge in [-0.1, -0.05) is 0 Å². The van der Waals surface area contributed by atoms with Gasteiger partial charge in [0, 0.05) is 30.7 Å². The van der Waals surface area contributed by atoms with Crippen LogP contribution in [0.15, 0.2) is 0 Å². The van der Waals surface area contributed by atoms with E-state index in [1.54, 1.807) is 11.6 Å². The summed E-state index contributed by atoms with van der Waals surface area (Å²) < 4.78 is 54.2. The van der Waals surface area contributed by atoms with Crippen molar-refractivity contribution in [1.82, 2.24) is 9.78 Å². The smallest absolute Gasteiger partial charge is 0.260 e. The lowest BCUT2D eigenvalue weighted by molar-refractivity contribution is -0.119. The molecule has 3 aliphatic carbocycles. The fourth-order valence-electron chi connectivity index (χ4n) is 3.52. The van der Waals surface area contributed by atoms with E-state index in [1.807, 2.05) is 0 Å². The Morgan fingerprint density at radius 1 is 1.21 bits per heavy atom. The van der Waals surface area contributed by atoms with Crippen LogP contribution in [0.5, 0.6) is 0 Å². The first-order chi connectivity index (χ1) is 11.2. The van der Waals surface area contributed by atoms with E-state index in [9.17, 15) is 22.4 Å². The van der Waals surface area contributed by atoms with E-state index < -0.39 is 30.1 Å². The van der Waals surface area contributed by atoms with Crippen LogP contribution in [-0.2, 0) is 4.79 Å². The van der Waals surface area contributed by atoms with Crippen molar-refractivity contribution in [1.29, 1.82) is 0 Å². The van der Waals surface area contributed by atoms with Crippen molar-refractivity contribution < 1.29 is 22.4 Å². The first-order valence-corrected chi connectivity index (χ1v) is 8.33. The zero-order chi connectivity index (χ0) is 17.3. The average molecular weight is 345 g/mol. The summed E-state index contributed by atoms with van der Waals surface area (Å²) in [7, 11) is 0. The molecule has 0 saturated heterocycles. The van der Waals surface area contributed by atoms with Crippen molar-refractivity contribution >= 4 is 11.7 Å². The van der Waals surface area contributed by atoms with Gasteiger partial charge in [0.15, 0.2) is 0 Å². The van der Waals surface area contributed by atoms with E-state index >= 15 is 0 Å². The van der Waals surface area contributed by atoms with E-state index in [-0.39, 0.29) is 24.8 Å². The van der Waals surface area contributed by atoms with Crippen LogP contribution < -0.4 is 5.32 Å². The molecular weight excluding hydrogens is 326 g/mol. The van der Waals surface area contributed by atoms with Gasteiger partial charge in [-0.25, -0.2) is 22.2 Å². The van der Waals surface area contributed by atoms with Gasteiger partial charge in [0.1, 0.15) is 11.7 Å². The molecule has 3 aliphatic rings. The lowest BCUT2D eigenvalue weighted by Gasteiger charge is -2.34. The Labute approximate surface area is 136 Å². The number of hydrogen-bond donors (Lipinski definition) is 1. The quantitative estimate of drug-likeness (QED) is 0.838. The normalized spacial score (nSPS) is 28.1. The SMILES string of the molecule is Cc1c(C2CC(F)(F)C2)nn(C2CCC2)c1NC(=O)C1CC1(F)F. The molecule has 0 bridgehead atoms. The molecule has 1 aromatic rings. The van der Waals surface area contributed by atoms with E-state index in [2.05, 4.69) is 10.4 Å². The van der Waals surface area contributed by atoms with Crippen LogP contribution >= 0.6 is 0 Å². The minimum Gasteiger partial charge on any atom is -0.310 e. The highest BCUT2D eigenvalue weighted by atomic mass is 19.3. The summed E-state index contributed by atoms with van der Waals surface area (Å²) >= 11 is 0. The van der Waals surface area contributed by atoms with Gasteiger partial charge in [-0.15, -0.1) is 0 Å². The number of hydrogen-bond acceptors (Lipinski definition) is 2. The molecule has 4 rings (SSSR count). The van der Waals surface area contributed by atoms with Gasteiger partial charge in [0.25, 0.3) is 5.92 Å². The summed E-state index contributed by atoms with van der Waals surface area (Å²) in [4.78, 5) is 12.0. The fraction of sp³-hybridized carbons (Fsp3) is 0.750. The maximum Gasteiger partial charge on any atom is 0.260 e. The lowest BCUT2D eigenvalue weighted by Crippen LogP contribution is -2.34. The standard InChI is InChI=1S/C16H19F4N3O/c1-8-12(9-5-15(17,18)6-9)22-23(10-3-2-4-10)13(8)21-14(24)11-7-16(11,19)20/h9-11H,2-7H2,1H3,(H,21,24). The van der Waals surface area contributed by atoms with Crippen molar-refractivity contribution in [3.8, 4) is 0 Å². The monoisotopic (exact) mass is 345 g/mol. The molecule has 0 spiro atoms. The van der Waals surface area contributed by atoms with Crippen molar-refractivity contribution in [2.24, 2.45) is 5.92 Å². The molecule has 132 valence electrons. The summed E-state index contributed by atoms with van der Waals surface area (Å²) in [5, 5.41) is 7.05. The van der Waals surface area contributed by atoms with Gasteiger partial charge in [-0.2, -0.15) is 5.10 Å². The lowest BCUT2D eigenvalue weighted by atomic mass is 9.78. The van der Waals surface area contributed by atoms with E-state index in [1.165, 1.54) is 0 Å². The van der Waals surface area contributed by atoms with Gasteiger partial charge in [-0.3, -0.25) is 4.79 Å². The number of alkyl halides is 4. The number of halogens is 4. The first-order valence-electron chi connectivity index (χ1n) is 8.33. The molecule has 1 atom stereocenters. The van der Waals surface area contributed by atoms with Crippen molar-refractivity contribution in [2.75, 3.05) is 5.32 Å². The first kappa shape index (κ1) is 15.9. The summed E-state index contributed by atoms with van der Waals surface area (Å²) in [6.07, 6.45) is 1.90. The number of carbonyl (C=O) groups excluding carboxylic acids is 1. The Morgan fingerprint density at radius 2 is 1.83 bits per heavy atom. The molecule has 1 amide bonds. The number of carbonyl (C=O) groups is 1. The predicted molar refractivity (Wildman–Crippen MR) is 78.5 cm³/mol. The third-order valence-corrected chi connectivity index (χ3v) is 5.47. The zero-order valence-electron chi connectivity index (χ0n) is 13.3. The third-order valence-electron chi connectivity index (χ3n) is 5.47. The van der Waals surface area contributed by atoms with Crippen molar-refractivity contribution in [3.05, 3.63) is 11.3 Å². The number of amides is 1. The van der Waals surface area contributed by atoms with Gasteiger partial charge >= 0.3 is 0 Å². The zero-order valence-corrected chi connectivity index (χ0v) is 13.3. The second-order valence-corrected chi connectivity index (χ2v) is 7.36. The largest absolute Gasteiger partial charge is 0.310 e. The van der Waals surface area contributed by atoms with Crippen LogP contribution in [0.2, 0.25) is 0 Å².